The molecular formula is C50H79NO13S. The number of rotatable bonds is 6. The fourth-order valence-corrected chi connectivity index (χ4v) is 11.2. The summed E-state index contributed by atoms with van der Waals surface area (Å²) in [6, 6.07) is -1.11. The predicted octanol–water partition coefficient (Wildman–Crippen LogP) is 5.93. The van der Waals surface area contributed by atoms with Crippen molar-refractivity contribution in [2.24, 2.45) is 35.5 Å². The van der Waals surface area contributed by atoms with Crippen LogP contribution >= 0.6 is 0 Å². The highest BCUT2D eigenvalue weighted by Crippen LogP contribution is 2.39. The minimum Gasteiger partial charge on any atom is -0.460 e. The Balaban J connectivity index is 1.69. The average Bonchev–Trinajstić information content (AvgIpc) is 3.26. The third-order valence-corrected chi connectivity index (χ3v) is 15.6. The van der Waals surface area contributed by atoms with Crippen LogP contribution in [0.25, 0.3) is 0 Å². The molecule has 3 aliphatic heterocycles. The van der Waals surface area contributed by atoms with E-state index in [4.69, 9.17) is 23.7 Å². The van der Waals surface area contributed by atoms with E-state index in [0.29, 0.717) is 50.5 Å². The minimum atomic E-state index is -1.86. The fraction of sp³-hybridized carbons (Fsp3) is 0.760. The topological polar surface area (TPSA) is 195 Å². The van der Waals surface area contributed by atoms with Gasteiger partial charge in [0.05, 0.1) is 36.7 Å². The lowest BCUT2D eigenvalue weighted by atomic mass is 9.78. The van der Waals surface area contributed by atoms with Crippen LogP contribution in [-0.2, 0) is 53.7 Å². The van der Waals surface area contributed by atoms with Crippen molar-refractivity contribution >= 4 is 34.2 Å². The molecule has 3 N–H and O–H groups in total. The van der Waals surface area contributed by atoms with E-state index in [-0.39, 0.29) is 66.0 Å². The van der Waals surface area contributed by atoms with E-state index < -0.39 is 89.2 Å². The third kappa shape index (κ3) is 15.3. The fourth-order valence-electron chi connectivity index (χ4n) is 9.93. The van der Waals surface area contributed by atoms with E-state index in [1.165, 1.54) is 12.0 Å². The summed E-state index contributed by atoms with van der Waals surface area (Å²) in [6.45, 7) is 12.9. The molecule has 0 radical (unpaired) electrons. The van der Waals surface area contributed by atoms with Gasteiger partial charge in [-0.2, -0.15) is 0 Å². The Morgan fingerprint density at radius 1 is 0.892 bits per heavy atom. The van der Waals surface area contributed by atoms with E-state index in [0.717, 1.165) is 12.0 Å². The zero-order valence-corrected chi connectivity index (χ0v) is 41.3. The quantitative estimate of drug-likeness (QED) is 0.210. The normalized spacial score (nSPS) is 41.5. The highest BCUT2D eigenvalue weighted by molar-refractivity contribution is 7.84. The summed E-state index contributed by atoms with van der Waals surface area (Å²) in [6.07, 6.45) is 10.3. The van der Waals surface area contributed by atoms with Gasteiger partial charge in [0.2, 0.25) is 5.91 Å². The number of nitrogens with zero attached hydrogens (tertiary/aromatic N) is 1. The van der Waals surface area contributed by atoms with Gasteiger partial charge in [-0.25, -0.2) is 4.79 Å². The maximum atomic E-state index is 14.4. The molecule has 3 heterocycles. The lowest BCUT2D eigenvalue weighted by Gasteiger charge is -2.44. The summed E-state index contributed by atoms with van der Waals surface area (Å²) in [7, 11) is 3.11. The molecular weight excluding hydrogens is 855 g/mol. The van der Waals surface area contributed by atoms with Crippen molar-refractivity contribution in [3.05, 3.63) is 47.6 Å². The van der Waals surface area contributed by atoms with Crippen LogP contribution in [-0.4, -0.2) is 135 Å². The number of ketones is 2. The van der Waals surface area contributed by atoms with Crippen LogP contribution in [0, 0.1) is 35.5 Å². The first-order valence-corrected chi connectivity index (χ1v) is 25.2. The molecule has 368 valence electrons. The number of hydrogen-bond donors (Lipinski definition) is 3. The molecule has 65 heavy (non-hydrogen) atoms. The van der Waals surface area contributed by atoms with Gasteiger partial charge in [0.25, 0.3) is 0 Å². The van der Waals surface area contributed by atoms with Gasteiger partial charge in [-0.15, -0.1) is 0 Å². The number of ether oxygens (including phenoxy) is 5. The number of fused-ring (bicyclic) bond motifs is 3. The molecule has 1 aliphatic carbocycles. The Morgan fingerprint density at radius 3 is 2.29 bits per heavy atom. The lowest BCUT2D eigenvalue weighted by molar-refractivity contribution is -0.284. The van der Waals surface area contributed by atoms with E-state index >= 15 is 0 Å². The highest BCUT2D eigenvalue weighted by Gasteiger charge is 2.47. The Morgan fingerprint density at radius 2 is 1.62 bits per heavy atom. The smallest absolute Gasteiger partial charge is 0.329 e. The van der Waals surface area contributed by atoms with Crippen LogP contribution in [0.4, 0.5) is 0 Å². The summed E-state index contributed by atoms with van der Waals surface area (Å²) in [4.78, 5) is 57.7. The van der Waals surface area contributed by atoms with Crippen LogP contribution in [0.15, 0.2) is 47.6 Å². The minimum absolute atomic E-state index is 0.0327. The molecule has 2 bridgehead atoms. The maximum Gasteiger partial charge on any atom is 0.329 e. The second-order valence-corrected chi connectivity index (χ2v) is 21.1. The predicted molar refractivity (Wildman–Crippen MR) is 249 cm³/mol. The molecule has 4 rings (SSSR count). The lowest BCUT2D eigenvalue weighted by Crippen LogP contribution is -2.56. The Kier molecular flexibility index (Phi) is 21.4. The summed E-state index contributed by atoms with van der Waals surface area (Å²) < 4.78 is 42.6. The third-order valence-electron chi connectivity index (χ3n) is 14.3. The largest absolute Gasteiger partial charge is 0.460 e. The summed E-state index contributed by atoms with van der Waals surface area (Å²) in [5.74, 6) is -5.53. The number of methoxy groups -OCH3 is 3. The first-order valence-electron chi connectivity index (χ1n) is 23.7. The van der Waals surface area contributed by atoms with Crippen molar-refractivity contribution in [1.29, 1.82) is 0 Å². The van der Waals surface area contributed by atoms with Crippen LogP contribution in [0.5, 0.6) is 0 Å². The summed E-state index contributed by atoms with van der Waals surface area (Å²) >= 11 is 0. The SMILES string of the molecule is COC1C[C@@H]2CC[C@@H](C)[C@](O)(CC(=O)N3CS(=O)CC[C@H]3C(=O)O[C@H]([C@H](C)C[C@@H]3CC[C@@H](O)[C@H](OC)C3)CC(=O)[C@H](C)/C=C(\C)[C@@H](O)C(OC)C(=O)[C@H](C)C[C@H](C)/C=C/C=C/C=C/1C)O2. The van der Waals surface area contributed by atoms with Gasteiger partial charge < -0.3 is 43.9 Å². The molecule has 3 fully saturated rings. The Labute approximate surface area is 390 Å². The molecule has 0 aromatic carbocycles. The number of Topliss-reactive ketones (excluding diaryl/α,β-unsaturated/α-hetero) is 2. The van der Waals surface area contributed by atoms with E-state index in [9.17, 15) is 38.7 Å². The van der Waals surface area contributed by atoms with Crippen LogP contribution < -0.4 is 0 Å². The van der Waals surface area contributed by atoms with Crippen molar-refractivity contribution in [2.75, 3.05) is 33.0 Å². The van der Waals surface area contributed by atoms with E-state index in [1.807, 2.05) is 65.0 Å². The van der Waals surface area contributed by atoms with Crippen molar-refractivity contribution in [2.45, 2.75) is 174 Å². The first-order chi connectivity index (χ1) is 30.7. The van der Waals surface area contributed by atoms with Crippen molar-refractivity contribution in [3.8, 4) is 0 Å². The van der Waals surface area contributed by atoms with Crippen LogP contribution in [0.2, 0.25) is 0 Å². The number of hydrogen-bond acceptors (Lipinski definition) is 13. The van der Waals surface area contributed by atoms with Crippen LogP contribution in [0.1, 0.15) is 119 Å². The van der Waals surface area contributed by atoms with Gasteiger partial charge in [0.1, 0.15) is 30.1 Å². The van der Waals surface area contributed by atoms with Gasteiger partial charge in [-0.05, 0) is 94.1 Å². The molecule has 0 aromatic heterocycles. The molecule has 3 unspecified atom stereocenters. The average molecular weight is 934 g/mol. The van der Waals surface area contributed by atoms with Crippen LogP contribution in [0.3, 0.4) is 0 Å². The van der Waals surface area contributed by atoms with Gasteiger partial charge in [0, 0.05) is 68.5 Å². The van der Waals surface area contributed by atoms with E-state index in [1.54, 1.807) is 34.1 Å². The van der Waals surface area contributed by atoms with Gasteiger partial charge in [-0.3, -0.25) is 18.6 Å². The highest BCUT2D eigenvalue weighted by atomic mass is 32.2. The zero-order valence-electron chi connectivity index (χ0n) is 40.5. The second kappa shape index (κ2) is 25.5. The maximum absolute atomic E-state index is 14.4. The molecule has 14 nitrogen and oxygen atoms in total. The second-order valence-electron chi connectivity index (χ2n) is 19.5. The monoisotopic (exact) mass is 934 g/mol. The number of aliphatic hydroxyl groups is 3. The molecule has 1 amide bonds. The van der Waals surface area contributed by atoms with Gasteiger partial charge >= 0.3 is 5.97 Å². The number of aliphatic hydroxyl groups excluding tert-OH is 2. The number of allylic oxidation sites excluding steroid dienone is 6. The molecule has 2 saturated heterocycles. The zero-order chi connectivity index (χ0) is 48.2. The number of cyclic esters (lactones) is 1. The van der Waals surface area contributed by atoms with Crippen molar-refractivity contribution in [1.82, 2.24) is 4.90 Å². The number of carbonyl (C=O) groups is 4. The standard InChI is InChI=1S/C50H79NO13S/c1-30-14-12-11-13-15-31(2)42(60-8)26-38-18-16-36(7)50(58,64-38)28-45(54)51-29-65(59)21-20-39(51)49(57)63-43(33(4)24-37-17-19-40(52)44(25-37)61-9)27-41(53)32(3)23-35(6)47(56)48(62-10)46(55)34(5)22-30/h11-15,23,30,32-34,36-40,42-44,47-48,52,56,58H,16-22,24-29H2,1-10H3/b13-11+,14-12+,31-15+,35-23+/t30-,32-,33-,34-,36-,37+,38+,39+,40-,42?,43+,44-,47-,48?,50+,65?/m1/s1. The number of esters is 1. The van der Waals surface area contributed by atoms with E-state index in [2.05, 4.69) is 0 Å². The van der Waals surface area contributed by atoms with Gasteiger partial charge in [0.15, 0.2) is 11.6 Å². The number of amides is 1. The van der Waals surface area contributed by atoms with Crippen molar-refractivity contribution in [3.63, 3.8) is 0 Å². The summed E-state index contributed by atoms with van der Waals surface area (Å²) in [5.41, 5.74) is 1.32. The summed E-state index contributed by atoms with van der Waals surface area (Å²) in [5, 5.41) is 33.9. The molecule has 4 aliphatic rings. The molecule has 15 heteroatoms. The first kappa shape index (κ1) is 54.7. The van der Waals surface area contributed by atoms with Gasteiger partial charge in [-0.1, -0.05) is 71.1 Å². The Bertz CT molecular complexity index is 1760. The Hall–Kier alpha value is -2.89. The molecule has 0 aromatic rings. The number of carbonyl (C=O) groups excluding carboxylic acids is 4. The molecule has 0 spiro atoms. The van der Waals surface area contributed by atoms with Crippen molar-refractivity contribution < 1.29 is 62.4 Å². The molecule has 1 saturated carbocycles. The molecule has 16 atom stereocenters.